The summed E-state index contributed by atoms with van der Waals surface area (Å²) >= 11 is 0. The molecule has 0 aromatic heterocycles. The van der Waals surface area contributed by atoms with Gasteiger partial charge in [0.15, 0.2) is 0 Å². The van der Waals surface area contributed by atoms with Crippen molar-refractivity contribution in [1.82, 2.24) is 4.90 Å². The van der Waals surface area contributed by atoms with Gasteiger partial charge in [0.2, 0.25) is 0 Å². The first-order valence-electron chi connectivity index (χ1n) is 6.89. The van der Waals surface area contributed by atoms with Gasteiger partial charge in [0.1, 0.15) is 0 Å². The Kier molecular flexibility index (Phi) is 6.99. The van der Waals surface area contributed by atoms with Gasteiger partial charge in [0.05, 0.1) is 12.5 Å². The van der Waals surface area contributed by atoms with Crippen LogP contribution in [-0.2, 0) is 16.1 Å². The van der Waals surface area contributed by atoms with E-state index in [-0.39, 0.29) is 30.3 Å². The van der Waals surface area contributed by atoms with E-state index >= 15 is 0 Å². The van der Waals surface area contributed by atoms with Gasteiger partial charge in [-0.25, -0.2) is 0 Å². The normalized spacial score (nSPS) is 22.9. The van der Waals surface area contributed by atoms with Crippen molar-refractivity contribution in [2.45, 2.75) is 25.9 Å². The Hall–Kier alpha value is -1.10. The Labute approximate surface area is 126 Å². The van der Waals surface area contributed by atoms with E-state index in [9.17, 15) is 4.79 Å². The summed E-state index contributed by atoms with van der Waals surface area (Å²) in [7, 11) is 0. The monoisotopic (exact) mass is 298 g/mol. The highest BCUT2D eigenvalue weighted by atomic mass is 35.5. The maximum Gasteiger partial charge on any atom is 0.310 e. The second-order valence-electron chi connectivity index (χ2n) is 5.03. The number of nitrogens with zero attached hydrogens (tertiary/aromatic N) is 1. The standard InChI is InChI=1S/C15H22N2O2.ClH/c1-2-19-15(18)13-8-9-17(11-14(13)16)10-12-6-4-3-5-7-12;/h3-7,13-14H,2,8-11,16H2,1H3;1H/t13-,14+;/m1./s1. The molecule has 0 saturated carbocycles. The van der Waals surface area contributed by atoms with Crippen LogP contribution in [0.15, 0.2) is 30.3 Å². The summed E-state index contributed by atoms with van der Waals surface area (Å²) < 4.78 is 5.07. The number of esters is 1. The van der Waals surface area contributed by atoms with E-state index < -0.39 is 0 Å². The molecule has 2 N–H and O–H groups in total. The third-order valence-electron chi connectivity index (χ3n) is 3.58. The molecule has 4 nitrogen and oxygen atoms in total. The molecule has 0 bridgehead atoms. The average molecular weight is 299 g/mol. The van der Waals surface area contributed by atoms with E-state index in [0.29, 0.717) is 6.61 Å². The summed E-state index contributed by atoms with van der Waals surface area (Å²) in [4.78, 5) is 14.1. The number of carbonyl (C=O) groups is 1. The summed E-state index contributed by atoms with van der Waals surface area (Å²) in [5.41, 5.74) is 7.39. The van der Waals surface area contributed by atoms with Gasteiger partial charge in [-0.1, -0.05) is 30.3 Å². The molecule has 1 aliphatic heterocycles. The molecule has 1 saturated heterocycles. The van der Waals surface area contributed by atoms with Crippen LogP contribution in [0.1, 0.15) is 18.9 Å². The molecule has 112 valence electrons. The lowest BCUT2D eigenvalue weighted by Crippen LogP contribution is -2.51. The predicted molar refractivity (Wildman–Crippen MR) is 81.7 cm³/mol. The molecule has 2 rings (SSSR count). The van der Waals surface area contributed by atoms with Crippen molar-refractivity contribution in [3.8, 4) is 0 Å². The third-order valence-corrected chi connectivity index (χ3v) is 3.58. The van der Waals surface area contributed by atoms with Crippen molar-refractivity contribution in [1.29, 1.82) is 0 Å². The molecule has 1 heterocycles. The molecule has 1 aliphatic rings. The predicted octanol–water partition coefficient (Wildman–Crippen LogP) is 1.82. The lowest BCUT2D eigenvalue weighted by atomic mass is 9.92. The Balaban J connectivity index is 0.00000200. The van der Waals surface area contributed by atoms with Crippen LogP contribution in [0.3, 0.4) is 0 Å². The fraction of sp³-hybridized carbons (Fsp3) is 0.533. The summed E-state index contributed by atoms with van der Waals surface area (Å²) in [6.07, 6.45) is 0.785. The lowest BCUT2D eigenvalue weighted by molar-refractivity contribution is -0.150. The van der Waals surface area contributed by atoms with E-state index in [0.717, 1.165) is 26.1 Å². The third kappa shape index (κ3) is 4.47. The smallest absolute Gasteiger partial charge is 0.310 e. The molecule has 0 amide bonds. The number of hydrogen-bond acceptors (Lipinski definition) is 4. The minimum Gasteiger partial charge on any atom is -0.466 e. The highest BCUT2D eigenvalue weighted by Gasteiger charge is 2.32. The maximum atomic E-state index is 11.8. The van der Waals surface area contributed by atoms with Crippen LogP contribution in [-0.4, -0.2) is 36.6 Å². The first kappa shape index (κ1) is 17.0. The van der Waals surface area contributed by atoms with Gasteiger partial charge in [-0.05, 0) is 25.5 Å². The van der Waals surface area contributed by atoms with Crippen LogP contribution in [0.25, 0.3) is 0 Å². The van der Waals surface area contributed by atoms with Gasteiger partial charge >= 0.3 is 5.97 Å². The Bertz CT molecular complexity index is 414. The van der Waals surface area contributed by atoms with E-state index in [1.807, 2.05) is 25.1 Å². The van der Waals surface area contributed by atoms with Gasteiger partial charge < -0.3 is 10.5 Å². The molecular weight excluding hydrogens is 276 g/mol. The molecule has 1 fully saturated rings. The molecule has 5 heteroatoms. The van der Waals surface area contributed by atoms with Crippen LogP contribution in [0.2, 0.25) is 0 Å². The largest absolute Gasteiger partial charge is 0.466 e. The van der Waals surface area contributed by atoms with E-state index in [4.69, 9.17) is 10.5 Å². The Morgan fingerprint density at radius 2 is 2.10 bits per heavy atom. The molecule has 0 spiro atoms. The number of ether oxygens (including phenoxy) is 1. The first-order chi connectivity index (χ1) is 9.20. The zero-order chi connectivity index (χ0) is 13.7. The van der Waals surface area contributed by atoms with E-state index in [2.05, 4.69) is 17.0 Å². The zero-order valence-electron chi connectivity index (χ0n) is 11.8. The molecule has 0 radical (unpaired) electrons. The van der Waals surface area contributed by atoms with Crippen LogP contribution >= 0.6 is 12.4 Å². The fourth-order valence-corrected chi connectivity index (χ4v) is 2.58. The van der Waals surface area contributed by atoms with Gasteiger partial charge in [0.25, 0.3) is 0 Å². The summed E-state index contributed by atoms with van der Waals surface area (Å²) in [6.45, 7) is 4.79. The van der Waals surface area contributed by atoms with Gasteiger partial charge in [-0.3, -0.25) is 9.69 Å². The van der Waals surface area contributed by atoms with Gasteiger partial charge in [0, 0.05) is 19.1 Å². The average Bonchev–Trinajstić information content (AvgIpc) is 2.40. The van der Waals surface area contributed by atoms with Gasteiger partial charge in [-0.15, -0.1) is 12.4 Å². The van der Waals surface area contributed by atoms with Crippen molar-refractivity contribution in [3.05, 3.63) is 35.9 Å². The first-order valence-corrected chi connectivity index (χ1v) is 6.89. The number of carbonyl (C=O) groups excluding carboxylic acids is 1. The number of likely N-dealkylation sites (tertiary alicyclic amines) is 1. The molecule has 1 aromatic rings. The number of rotatable bonds is 4. The summed E-state index contributed by atoms with van der Waals surface area (Å²) in [6, 6.07) is 10.2. The lowest BCUT2D eigenvalue weighted by Gasteiger charge is -2.35. The second kappa shape index (κ2) is 8.25. The van der Waals surface area contributed by atoms with E-state index in [1.54, 1.807) is 0 Å². The SMILES string of the molecule is CCOC(=O)[C@@H]1CCN(Cc2ccccc2)C[C@@H]1N.Cl. The maximum absolute atomic E-state index is 11.8. The highest BCUT2D eigenvalue weighted by Crippen LogP contribution is 2.19. The molecule has 1 aromatic carbocycles. The molecular formula is C15H23ClN2O2. The minimum atomic E-state index is -0.146. The number of halogens is 1. The van der Waals surface area contributed by atoms with Crippen molar-refractivity contribution in [3.63, 3.8) is 0 Å². The zero-order valence-corrected chi connectivity index (χ0v) is 12.6. The number of hydrogen-bond donors (Lipinski definition) is 1. The Morgan fingerprint density at radius 3 is 2.70 bits per heavy atom. The number of benzene rings is 1. The van der Waals surface area contributed by atoms with Crippen LogP contribution in [0.5, 0.6) is 0 Å². The Morgan fingerprint density at radius 1 is 1.40 bits per heavy atom. The molecule has 20 heavy (non-hydrogen) atoms. The summed E-state index contributed by atoms with van der Waals surface area (Å²) in [5, 5.41) is 0. The van der Waals surface area contributed by atoms with Crippen molar-refractivity contribution >= 4 is 18.4 Å². The number of piperidine rings is 1. The minimum absolute atomic E-state index is 0. The number of nitrogens with two attached hydrogens (primary N) is 1. The summed E-state index contributed by atoms with van der Waals surface area (Å²) in [5.74, 6) is -0.290. The highest BCUT2D eigenvalue weighted by molar-refractivity contribution is 5.85. The van der Waals surface area contributed by atoms with Crippen molar-refractivity contribution < 1.29 is 9.53 Å². The molecule has 2 atom stereocenters. The second-order valence-corrected chi connectivity index (χ2v) is 5.03. The molecule has 0 aliphatic carbocycles. The topological polar surface area (TPSA) is 55.6 Å². The molecule has 0 unspecified atom stereocenters. The quantitative estimate of drug-likeness (QED) is 0.862. The van der Waals surface area contributed by atoms with Crippen LogP contribution in [0.4, 0.5) is 0 Å². The van der Waals surface area contributed by atoms with Crippen LogP contribution in [0, 0.1) is 5.92 Å². The fourth-order valence-electron chi connectivity index (χ4n) is 2.58. The van der Waals surface area contributed by atoms with Crippen molar-refractivity contribution in [2.24, 2.45) is 11.7 Å². The van der Waals surface area contributed by atoms with E-state index in [1.165, 1.54) is 5.56 Å². The van der Waals surface area contributed by atoms with Crippen molar-refractivity contribution in [2.75, 3.05) is 19.7 Å². The van der Waals surface area contributed by atoms with Gasteiger partial charge in [-0.2, -0.15) is 0 Å². The van der Waals surface area contributed by atoms with Crippen LogP contribution < -0.4 is 5.73 Å².